The van der Waals surface area contributed by atoms with Gasteiger partial charge in [-0.25, -0.2) is 0 Å². The molecule has 3 fully saturated rings. The fourth-order valence-electron chi connectivity index (χ4n) is 3.32. The van der Waals surface area contributed by atoms with E-state index in [9.17, 15) is 14.4 Å². The SMILES string of the molecule is COC(=O)[C@@H](C)N(CC(=O)N1CCN(C(=O)C2CC2)CC1)C1CC1. The van der Waals surface area contributed by atoms with Crippen molar-refractivity contribution < 1.29 is 19.1 Å². The molecule has 134 valence electrons. The molecule has 0 radical (unpaired) electrons. The summed E-state index contributed by atoms with van der Waals surface area (Å²) in [5.74, 6) is 0.227. The number of carbonyl (C=O) groups is 3. The van der Waals surface area contributed by atoms with Crippen molar-refractivity contribution in [3.8, 4) is 0 Å². The molecule has 2 aliphatic carbocycles. The van der Waals surface area contributed by atoms with E-state index in [1.165, 1.54) is 7.11 Å². The lowest BCUT2D eigenvalue weighted by Crippen LogP contribution is -2.54. The quantitative estimate of drug-likeness (QED) is 0.643. The number of hydrogen-bond acceptors (Lipinski definition) is 5. The van der Waals surface area contributed by atoms with Crippen LogP contribution in [0.25, 0.3) is 0 Å². The number of rotatable bonds is 6. The maximum Gasteiger partial charge on any atom is 0.322 e. The minimum absolute atomic E-state index is 0.0381. The predicted octanol–water partition coefficient (Wildman–Crippen LogP) is 0.0931. The molecule has 3 aliphatic rings. The molecule has 3 rings (SSSR count). The van der Waals surface area contributed by atoms with Gasteiger partial charge in [-0.05, 0) is 32.6 Å². The average molecular weight is 337 g/mol. The van der Waals surface area contributed by atoms with Crippen LogP contribution in [-0.2, 0) is 19.1 Å². The molecular weight excluding hydrogens is 310 g/mol. The normalized spacial score (nSPS) is 22.5. The fraction of sp³-hybridized carbons (Fsp3) is 0.824. The van der Waals surface area contributed by atoms with Crippen LogP contribution in [0.2, 0.25) is 0 Å². The number of nitrogens with zero attached hydrogens (tertiary/aromatic N) is 3. The summed E-state index contributed by atoms with van der Waals surface area (Å²) in [6, 6.07) is -0.0926. The fourth-order valence-corrected chi connectivity index (χ4v) is 3.32. The van der Waals surface area contributed by atoms with E-state index in [2.05, 4.69) is 0 Å². The topological polar surface area (TPSA) is 70.2 Å². The molecule has 2 saturated carbocycles. The van der Waals surface area contributed by atoms with Crippen molar-refractivity contribution >= 4 is 17.8 Å². The van der Waals surface area contributed by atoms with Gasteiger partial charge in [-0.2, -0.15) is 0 Å². The molecule has 0 aromatic rings. The van der Waals surface area contributed by atoms with Crippen molar-refractivity contribution in [2.45, 2.75) is 44.7 Å². The van der Waals surface area contributed by atoms with Gasteiger partial charge >= 0.3 is 5.97 Å². The summed E-state index contributed by atoms with van der Waals surface area (Å²) in [7, 11) is 1.38. The van der Waals surface area contributed by atoms with Crippen LogP contribution in [0.3, 0.4) is 0 Å². The van der Waals surface area contributed by atoms with Crippen LogP contribution in [0.5, 0.6) is 0 Å². The highest BCUT2D eigenvalue weighted by Crippen LogP contribution is 2.31. The van der Waals surface area contributed by atoms with Crippen molar-refractivity contribution in [2.75, 3.05) is 39.8 Å². The van der Waals surface area contributed by atoms with Crippen molar-refractivity contribution in [3.05, 3.63) is 0 Å². The molecule has 7 nitrogen and oxygen atoms in total. The summed E-state index contributed by atoms with van der Waals surface area (Å²) in [6.07, 6.45) is 4.08. The number of ether oxygens (including phenoxy) is 1. The van der Waals surface area contributed by atoms with Crippen LogP contribution in [0.1, 0.15) is 32.6 Å². The molecule has 0 bridgehead atoms. The number of carbonyl (C=O) groups excluding carboxylic acids is 3. The van der Waals surface area contributed by atoms with Crippen molar-refractivity contribution in [2.24, 2.45) is 5.92 Å². The third-order valence-corrected chi connectivity index (χ3v) is 5.24. The first-order chi connectivity index (χ1) is 11.5. The van der Waals surface area contributed by atoms with Crippen LogP contribution in [0.4, 0.5) is 0 Å². The van der Waals surface area contributed by atoms with E-state index >= 15 is 0 Å². The molecule has 0 unspecified atom stereocenters. The smallest absolute Gasteiger partial charge is 0.322 e. The highest BCUT2D eigenvalue weighted by molar-refractivity contribution is 5.83. The molecule has 1 aliphatic heterocycles. The largest absolute Gasteiger partial charge is 0.468 e. The van der Waals surface area contributed by atoms with Crippen LogP contribution in [0, 0.1) is 5.92 Å². The van der Waals surface area contributed by atoms with Gasteiger partial charge in [0.25, 0.3) is 0 Å². The summed E-state index contributed by atoms with van der Waals surface area (Å²) >= 11 is 0. The summed E-state index contributed by atoms with van der Waals surface area (Å²) in [5.41, 5.74) is 0. The highest BCUT2D eigenvalue weighted by Gasteiger charge is 2.38. The van der Waals surface area contributed by atoms with E-state index < -0.39 is 6.04 Å². The van der Waals surface area contributed by atoms with E-state index in [-0.39, 0.29) is 30.2 Å². The van der Waals surface area contributed by atoms with Gasteiger partial charge in [0, 0.05) is 38.1 Å². The second-order valence-corrected chi connectivity index (χ2v) is 7.08. The minimum atomic E-state index is -0.399. The summed E-state index contributed by atoms with van der Waals surface area (Å²) < 4.78 is 4.82. The molecule has 24 heavy (non-hydrogen) atoms. The van der Waals surface area contributed by atoms with Gasteiger partial charge in [0.2, 0.25) is 11.8 Å². The van der Waals surface area contributed by atoms with Crippen LogP contribution in [0.15, 0.2) is 0 Å². The van der Waals surface area contributed by atoms with Gasteiger partial charge in [0.15, 0.2) is 0 Å². The van der Waals surface area contributed by atoms with Gasteiger partial charge in [0.1, 0.15) is 6.04 Å². The molecule has 1 heterocycles. The first kappa shape index (κ1) is 17.2. The first-order valence-electron chi connectivity index (χ1n) is 8.91. The van der Waals surface area contributed by atoms with Crippen molar-refractivity contribution in [1.29, 1.82) is 0 Å². The molecule has 1 atom stereocenters. The Hall–Kier alpha value is -1.63. The average Bonchev–Trinajstić information content (AvgIpc) is 3.49. The Morgan fingerprint density at radius 3 is 2.12 bits per heavy atom. The van der Waals surface area contributed by atoms with Crippen LogP contribution < -0.4 is 0 Å². The Morgan fingerprint density at radius 2 is 1.62 bits per heavy atom. The molecular formula is C17H27N3O4. The zero-order chi connectivity index (χ0) is 17.3. The van der Waals surface area contributed by atoms with Crippen molar-refractivity contribution in [1.82, 2.24) is 14.7 Å². The number of methoxy groups -OCH3 is 1. The van der Waals surface area contributed by atoms with Gasteiger partial charge in [-0.15, -0.1) is 0 Å². The summed E-state index contributed by atoms with van der Waals surface area (Å²) in [4.78, 5) is 42.1. The lowest BCUT2D eigenvalue weighted by Gasteiger charge is -2.36. The molecule has 0 N–H and O–H groups in total. The Bertz CT molecular complexity index is 508. The third kappa shape index (κ3) is 3.88. The zero-order valence-corrected chi connectivity index (χ0v) is 14.6. The lowest BCUT2D eigenvalue weighted by molar-refractivity contribution is -0.148. The predicted molar refractivity (Wildman–Crippen MR) is 87.1 cm³/mol. The van der Waals surface area contributed by atoms with Gasteiger partial charge in [0.05, 0.1) is 13.7 Å². The zero-order valence-electron chi connectivity index (χ0n) is 14.6. The van der Waals surface area contributed by atoms with Gasteiger partial charge in [-0.3, -0.25) is 19.3 Å². The standard InChI is InChI=1S/C17H27N3O4/c1-12(17(23)24-2)20(14-5-6-14)11-15(21)18-7-9-19(10-8-18)16(22)13-3-4-13/h12-14H,3-11H2,1-2H3/t12-/m1/s1. The van der Waals surface area contributed by atoms with E-state index in [4.69, 9.17) is 4.74 Å². The van der Waals surface area contributed by atoms with E-state index in [1.54, 1.807) is 6.92 Å². The van der Waals surface area contributed by atoms with Crippen molar-refractivity contribution in [3.63, 3.8) is 0 Å². The number of amides is 2. The minimum Gasteiger partial charge on any atom is -0.468 e. The summed E-state index contributed by atoms with van der Waals surface area (Å²) in [5, 5.41) is 0. The Balaban J connectivity index is 1.50. The molecule has 0 spiro atoms. The molecule has 0 aromatic heterocycles. The van der Waals surface area contributed by atoms with Crippen LogP contribution >= 0.6 is 0 Å². The van der Waals surface area contributed by atoms with Crippen LogP contribution in [-0.4, -0.2) is 84.4 Å². The van der Waals surface area contributed by atoms with Gasteiger partial charge < -0.3 is 14.5 Å². The molecule has 2 amide bonds. The second kappa shape index (κ2) is 7.09. The first-order valence-corrected chi connectivity index (χ1v) is 8.91. The van der Waals surface area contributed by atoms with E-state index in [0.717, 1.165) is 25.7 Å². The number of esters is 1. The van der Waals surface area contributed by atoms with E-state index in [0.29, 0.717) is 32.2 Å². The highest BCUT2D eigenvalue weighted by atomic mass is 16.5. The maximum atomic E-state index is 12.6. The second-order valence-electron chi connectivity index (χ2n) is 7.08. The van der Waals surface area contributed by atoms with Gasteiger partial charge in [-0.1, -0.05) is 0 Å². The Labute approximate surface area is 142 Å². The third-order valence-electron chi connectivity index (χ3n) is 5.24. The monoisotopic (exact) mass is 337 g/mol. The molecule has 0 aromatic carbocycles. The molecule has 1 saturated heterocycles. The Kier molecular flexibility index (Phi) is 5.08. The number of piperazine rings is 1. The number of hydrogen-bond donors (Lipinski definition) is 0. The molecule has 7 heteroatoms. The lowest BCUT2D eigenvalue weighted by atomic mass is 10.2. The summed E-state index contributed by atoms with van der Waals surface area (Å²) in [6.45, 7) is 4.46. The van der Waals surface area contributed by atoms with E-state index in [1.807, 2.05) is 14.7 Å². The maximum absolute atomic E-state index is 12.6. The Morgan fingerprint density at radius 1 is 1.04 bits per heavy atom.